The fourth-order valence-corrected chi connectivity index (χ4v) is 2.32. The fourth-order valence-electron chi connectivity index (χ4n) is 2.32. The van der Waals surface area contributed by atoms with Crippen molar-refractivity contribution in [2.45, 2.75) is 0 Å². The number of benzene rings is 4. The summed E-state index contributed by atoms with van der Waals surface area (Å²) in [4.78, 5) is 0. The van der Waals surface area contributed by atoms with E-state index < -0.39 is 0 Å². The third-order valence-corrected chi connectivity index (χ3v) is 3.62. The van der Waals surface area contributed by atoms with Gasteiger partial charge in [0.2, 0.25) is 0 Å². The van der Waals surface area contributed by atoms with Crippen molar-refractivity contribution in [1.29, 1.82) is 0 Å². The van der Waals surface area contributed by atoms with Gasteiger partial charge in [0.05, 0.1) is 0 Å². The van der Waals surface area contributed by atoms with Crippen LogP contribution in [0.3, 0.4) is 0 Å². The number of para-hydroxylation sites is 4. The Labute approximate surface area is 210 Å². The molecule has 0 saturated heterocycles. The van der Waals surface area contributed by atoms with Crippen LogP contribution in [0.15, 0.2) is 109 Å². The molecule has 0 unspecified atom stereocenters. The third kappa shape index (κ3) is 8.09. The molecule has 0 fully saturated rings. The number of hydrogen-bond donors (Lipinski definition) is 0. The van der Waals surface area contributed by atoms with Crippen LogP contribution in [0.1, 0.15) is 0 Å². The molecular formula is C24H20BeCaO4. The molecule has 6 heteroatoms. The molecule has 0 aromatic heterocycles. The molecule has 0 aliphatic rings. The largest absolute Gasteiger partial charge is 0.872 e. The maximum atomic E-state index is 12.0. The molecule has 0 bridgehead atoms. The monoisotopic (exact) mass is 421 g/mol. The van der Waals surface area contributed by atoms with Crippen molar-refractivity contribution in [3.05, 3.63) is 109 Å². The molecule has 4 nitrogen and oxygen atoms in total. The van der Waals surface area contributed by atoms with Crippen LogP contribution in [0, 0.1) is 0 Å². The molecule has 4 rings (SSSR count). The topological polar surface area (TPSA) is 64.6 Å². The second-order valence-corrected chi connectivity index (χ2v) is 5.73. The zero-order valence-corrected chi connectivity index (χ0v) is 15.7. The van der Waals surface area contributed by atoms with Gasteiger partial charge >= 0.3 is 47.9 Å². The van der Waals surface area contributed by atoms with E-state index in [9.17, 15) is 10.2 Å². The summed E-state index contributed by atoms with van der Waals surface area (Å²) in [6.07, 6.45) is 0. The van der Waals surface area contributed by atoms with Crippen molar-refractivity contribution >= 4 is 47.9 Å². The van der Waals surface area contributed by atoms with Crippen molar-refractivity contribution in [3.8, 4) is 34.5 Å². The molecule has 4 aromatic rings. The van der Waals surface area contributed by atoms with E-state index in [2.05, 4.69) is 0 Å². The van der Waals surface area contributed by atoms with E-state index >= 15 is 0 Å². The van der Waals surface area contributed by atoms with E-state index in [1.807, 2.05) is 54.6 Å². The average Bonchev–Trinajstić information content (AvgIpc) is 2.73. The normalized spacial score (nSPS) is 9.07. The van der Waals surface area contributed by atoms with E-state index in [1.165, 1.54) is 18.2 Å². The first-order valence-electron chi connectivity index (χ1n) is 8.70. The minimum absolute atomic E-state index is 0. The second kappa shape index (κ2) is 13.7. The van der Waals surface area contributed by atoms with E-state index in [0.717, 1.165) is 0 Å². The average molecular weight is 422 g/mol. The van der Waals surface area contributed by atoms with Gasteiger partial charge in [-0.3, -0.25) is 0 Å². The summed E-state index contributed by atoms with van der Waals surface area (Å²) in [6.45, 7) is 0. The zero-order chi connectivity index (χ0) is 19.6. The van der Waals surface area contributed by atoms with Gasteiger partial charge in [0.25, 0.3) is 0 Å². The molecule has 0 saturated carbocycles. The number of rotatable bonds is 4. The Bertz CT molecular complexity index is 984. The van der Waals surface area contributed by atoms with Gasteiger partial charge < -0.3 is 19.7 Å². The van der Waals surface area contributed by atoms with Gasteiger partial charge in [0.1, 0.15) is 11.5 Å². The van der Waals surface area contributed by atoms with Crippen LogP contribution in [0.25, 0.3) is 0 Å². The van der Waals surface area contributed by atoms with Crippen LogP contribution in [0.5, 0.6) is 34.5 Å². The molecule has 0 radical (unpaired) electrons. The molecular weight excluding hydrogens is 401 g/mol. The van der Waals surface area contributed by atoms with Crippen molar-refractivity contribution in [2.75, 3.05) is 0 Å². The van der Waals surface area contributed by atoms with Crippen LogP contribution in [-0.4, -0.2) is 47.9 Å². The molecule has 0 aliphatic heterocycles. The Morgan fingerprint density at radius 1 is 0.500 bits per heavy atom. The minimum Gasteiger partial charge on any atom is -0.872 e. The molecule has 0 atom stereocenters. The predicted octanol–water partition coefficient (Wildman–Crippen LogP) is 3.81. The zero-order valence-electron chi connectivity index (χ0n) is 15.7. The van der Waals surface area contributed by atoms with Crippen LogP contribution < -0.4 is 19.7 Å². The summed E-state index contributed by atoms with van der Waals surface area (Å²) in [5.41, 5.74) is 0. The molecule has 144 valence electrons. The predicted molar refractivity (Wildman–Crippen MR) is 119 cm³/mol. The summed E-state index contributed by atoms with van der Waals surface area (Å²) < 4.78 is 11.4. The van der Waals surface area contributed by atoms with E-state index in [-0.39, 0.29) is 65.1 Å². The van der Waals surface area contributed by atoms with Gasteiger partial charge in [-0.15, -0.1) is 5.75 Å². The van der Waals surface area contributed by atoms with Gasteiger partial charge in [-0.25, -0.2) is 0 Å². The van der Waals surface area contributed by atoms with Crippen molar-refractivity contribution in [3.63, 3.8) is 0 Å². The maximum absolute atomic E-state index is 12.0. The van der Waals surface area contributed by atoms with Crippen LogP contribution in [0.4, 0.5) is 0 Å². The fraction of sp³-hybridized carbons (Fsp3) is 0. The third-order valence-electron chi connectivity index (χ3n) is 3.62. The van der Waals surface area contributed by atoms with Gasteiger partial charge in [-0.1, -0.05) is 84.6 Å². The smallest absolute Gasteiger partial charge is 0.169 e. The number of hydrogen-bond acceptors (Lipinski definition) is 4. The summed E-state index contributed by atoms with van der Waals surface area (Å²) in [6, 6.07) is 31.6. The van der Waals surface area contributed by atoms with Crippen molar-refractivity contribution in [2.24, 2.45) is 0 Å². The standard InChI is InChI=1S/C18H14O3.C6H6O.Be.Ca.2H/c19-16-12-7-13-17(20-14-8-3-1-4-9-14)18(16)21-15-10-5-2-6-11-15;7-6-4-2-1-3-5-6;;;;/h1-13,19H;1-5,7H;;;;/q;;+2;;;/p-2. The summed E-state index contributed by atoms with van der Waals surface area (Å²) in [5.74, 6) is 1.69. The quantitative estimate of drug-likeness (QED) is 0.470. The summed E-state index contributed by atoms with van der Waals surface area (Å²) >= 11 is 0. The Morgan fingerprint density at radius 3 is 1.43 bits per heavy atom. The Kier molecular flexibility index (Phi) is 11.6. The van der Waals surface area contributed by atoms with Crippen LogP contribution in [-0.2, 0) is 0 Å². The Hall–Kier alpha value is -2.49. The molecule has 4 aromatic carbocycles. The minimum atomic E-state index is -0.215. The first-order valence-corrected chi connectivity index (χ1v) is 8.70. The molecule has 0 amide bonds. The Balaban J connectivity index is 0.000000429. The summed E-state index contributed by atoms with van der Waals surface area (Å²) in [7, 11) is 0. The molecule has 0 aliphatic carbocycles. The van der Waals surface area contributed by atoms with E-state index in [1.54, 1.807) is 36.4 Å². The van der Waals surface area contributed by atoms with E-state index in [4.69, 9.17) is 9.47 Å². The second-order valence-electron chi connectivity index (χ2n) is 5.73. The first-order chi connectivity index (χ1) is 13.7. The van der Waals surface area contributed by atoms with Crippen LogP contribution in [0.2, 0.25) is 0 Å². The molecule has 0 spiro atoms. The molecule has 0 heterocycles. The van der Waals surface area contributed by atoms with Gasteiger partial charge in [-0.05, 0) is 30.3 Å². The summed E-state index contributed by atoms with van der Waals surface area (Å²) in [5, 5.41) is 22.3. The maximum Gasteiger partial charge on any atom is 0.169 e. The van der Waals surface area contributed by atoms with Crippen LogP contribution >= 0.6 is 0 Å². The van der Waals surface area contributed by atoms with E-state index in [0.29, 0.717) is 17.2 Å². The molecule has 0 N–H and O–H groups in total. The van der Waals surface area contributed by atoms with Gasteiger partial charge in [-0.2, -0.15) is 0 Å². The first kappa shape index (κ1) is 25.5. The van der Waals surface area contributed by atoms with Gasteiger partial charge in [0, 0.05) is 0 Å². The van der Waals surface area contributed by atoms with Crippen molar-refractivity contribution < 1.29 is 19.7 Å². The Morgan fingerprint density at radius 2 is 0.967 bits per heavy atom. The van der Waals surface area contributed by atoms with Gasteiger partial charge in [0.15, 0.2) is 11.5 Å². The number of ether oxygens (including phenoxy) is 2. The van der Waals surface area contributed by atoms with Crippen molar-refractivity contribution in [1.82, 2.24) is 0 Å². The SMILES string of the molecule is [Be+2].[CaH2].[O-]c1cccc(Oc2ccccc2)c1Oc1ccccc1.[O-]c1ccccc1. The molecule has 30 heavy (non-hydrogen) atoms.